The molecule has 0 bridgehead atoms. The van der Waals surface area contributed by atoms with Gasteiger partial charge in [-0.2, -0.15) is 0 Å². The average Bonchev–Trinajstić information content (AvgIpc) is 3.41. The van der Waals surface area contributed by atoms with Gasteiger partial charge in [-0.15, -0.1) is 0 Å². The van der Waals surface area contributed by atoms with Crippen molar-refractivity contribution in [1.29, 1.82) is 0 Å². The normalized spacial score (nSPS) is 10.2. The summed E-state index contributed by atoms with van der Waals surface area (Å²) < 4.78 is 19.9. The van der Waals surface area contributed by atoms with Crippen LogP contribution in [0.15, 0.2) is 158 Å². The van der Waals surface area contributed by atoms with Crippen molar-refractivity contribution in [2.75, 3.05) is 28.4 Å². The molecule has 0 amide bonds. The molecule has 7 aromatic rings. The van der Waals surface area contributed by atoms with Crippen LogP contribution in [0.3, 0.4) is 0 Å². The van der Waals surface area contributed by atoms with Crippen molar-refractivity contribution in [2.45, 2.75) is 0 Å². The van der Waals surface area contributed by atoms with E-state index in [2.05, 4.69) is 47.4 Å². The lowest BCUT2D eigenvalue weighted by atomic mass is 10.00. The second-order valence-corrected chi connectivity index (χ2v) is 15.1. The van der Waals surface area contributed by atoms with Gasteiger partial charge < -0.3 is 18.9 Å². The summed E-state index contributed by atoms with van der Waals surface area (Å²) in [6.45, 7) is 0. The molecule has 8 nitrogen and oxygen atoms in total. The van der Waals surface area contributed by atoms with E-state index in [0.717, 1.165) is 22.3 Å². The van der Waals surface area contributed by atoms with Gasteiger partial charge in [0.2, 0.25) is 0 Å². The minimum absolute atomic E-state index is 0.362. The van der Waals surface area contributed by atoms with Gasteiger partial charge in [0.25, 0.3) is 0 Å². The van der Waals surface area contributed by atoms with Crippen LogP contribution < -0.4 is 0 Å². The Morgan fingerprint density at radius 1 is 0.314 bits per heavy atom. The molecule has 0 aliphatic heterocycles. The first-order chi connectivity index (χ1) is 34.2. The molecule has 0 saturated heterocycles. The van der Waals surface area contributed by atoms with Gasteiger partial charge in [0.15, 0.2) is 0 Å². The Morgan fingerprint density at radius 3 is 0.886 bits per heavy atom. The van der Waals surface area contributed by atoms with E-state index in [4.69, 9.17) is 18.9 Å². The van der Waals surface area contributed by atoms with Crippen LogP contribution in [0.4, 0.5) is 0 Å². The highest BCUT2D eigenvalue weighted by atomic mass is 16.5. The molecule has 0 radical (unpaired) electrons. The molecule has 0 atom stereocenters. The number of benzene rings is 7. The maximum absolute atomic E-state index is 12.5. The lowest BCUT2D eigenvalue weighted by Crippen LogP contribution is -2.03. The van der Waals surface area contributed by atoms with Crippen LogP contribution in [-0.2, 0) is 18.9 Å². The maximum atomic E-state index is 12.5. The lowest BCUT2D eigenvalue weighted by Gasteiger charge is -2.04. The van der Waals surface area contributed by atoms with Crippen molar-refractivity contribution < 1.29 is 38.1 Å². The van der Waals surface area contributed by atoms with Gasteiger partial charge >= 0.3 is 23.9 Å². The van der Waals surface area contributed by atoms with E-state index in [0.29, 0.717) is 66.8 Å². The van der Waals surface area contributed by atoms with E-state index in [9.17, 15) is 19.2 Å². The third-order valence-corrected chi connectivity index (χ3v) is 10.6. The second-order valence-electron chi connectivity index (χ2n) is 15.1. The fourth-order valence-electron chi connectivity index (χ4n) is 6.94. The molecule has 0 fully saturated rings. The summed E-state index contributed by atoms with van der Waals surface area (Å²) in [5.41, 5.74) is 9.75. The molecule has 8 heteroatoms. The number of carbonyl (C=O) groups excluding carboxylic acids is 4. The van der Waals surface area contributed by atoms with Gasteiger partial charge in [-0.3, -0.25) is 0 Å². The molecule has 0 spiro atoms. The van der Waals surface area contributed by atoms with Crippen LogP contribution in [-0.4, -0.2) is 52.3 Å². The van der Waals surface area contributed by atoms with Crippen LogP contribution in [0, 0.1) is 47.4 Å². The number of ether oxygens (including phenoxy) is 4. The molecular formula is C62H42O8. The van der Waals surface area contributed by atoms with Gasteiger partial charge in [0.1, 0.15) is 0 Å². The van der Waals surface area contributed by atoms with Crippen LogP contribution in [0.2, 0.25) is 0 Å². The van der Waals surface area contributed by atoms with E-state index in [1.54, 1.807) is 72.8 Å². The van der Waals surface area contributed by atoms with Gasteiger partial charge in [-0.1, -0.05) is 144 Å². The maximum Gasteiger partial charge on any atom is 0.339 e. The highest BCUT2D eigenvalue weighted by Gasteiger charge is 2.13. The highest BCUT2D eigenvalue weighted by molar-refractivity contribution is 5.94. The molecule has 0 aliphatic carbocycles. The molecular weight excluding hydrogens is 873 g/mol. The first kappa shape index (κ1) is 48.1. The SMILES string of the molecule is COC(=O)c1ccccc1C#Cc1ccc(C#Cc2ccccc2C(=O)OC)c(/C=C/c2ccc(/C=C/c3cc(C#Cc4ccccc4C(=O)OC)ccc3C#Cc3ccccc3C(=O)OC)cc2)c1. The Labute approximate surface area is 407 Å². The minimum Gasteiger partial charge on any atom is -0.465 e. The number of hydrogen-bond donors (Lipinski definition) is 0. The molecule has 338 valence electrons. The van der Waals surface area contributed by atoms with Gasteiger partial charge in [-0.25, -0.2) is 19.2 Å². The van der Waals surface area contributed by atoms with Gasteiger partial charge in [-0.05, 0) is 107 Å². The fourth-order valence-corrected chi connectivity index (χ4v) is 6.94. The lowest BCUT2D eigenvalue weighted by molar-refractivity contribution is 0.0591. The van der Waals surface area contributed by atoms with Crippen molar-refractivity contribution in [3.05, 3.63) is 247 Å². The molecule has 0 aliphatic rings. The minimum atomic E-state index is -0.479. The summed E-state index contributed by atoms with van der Waals surface area (Å²) in [6, 6.07) is 47.3. The third kappa shape index (κ3) is 12.3. The number of hydrogen-bond acceptors (Lipinski definition) is 8. The number of carbonyl (C=O) groups is 4. The van der Waals surface area contributed by atoms with Crippen molar-refractivity contribution in [3.63, 3.8) is 0 Å². The van der Waals surface area contributed by atoms with Crippen molar-refractivity contribution in [2.24, 2.45) is 0 Å². The Balaban J connectivity index is 1.21. The zero-order valence-electron chi connectivity index (χ0n) is 38.6. The van der Waals surface area contributed by atoms with E-state index >= 15 is 0 Å². The Hall–Kier alpha value is -9.86. The molecule has 0 heterocycles. The van der Waals surface area contributed by atoms with Crippen LogP contribution in [0.1, 0.15) is 108 Å². The molecule has 70 heavy (non-hydrogen) atoms. The Kier molecular flexibility index (Phi) is 16.2. The summed E-state index contributed by atoms with van der Waals surface area (Å²) in [4.78, 5) is 49.8. The fraction of sp³-hybridized carbons (Fsp3) is 0.0645. The largest absolute Gasteiger partial charge is 0.465 e. The summed E-state index contributed by atoms with van der Waals surface area (Å²) >= 11 is 0. The van der Waals surface area contributed by atoms with Gasteiger partial charge in [0.05, 0.1) is 50.7 Å². The number of rotatable bonds is 8. The van der Waals surface area contributed by atoms with Crippen LogP contribution in [0.5, 0.6) is 0 Å². The predicted molar refractivity (Wildman–Crippen MR) is 272 cm³/mol. The molecule has 0 N–H and O–H groups in total. The second kappa shape index (κ2) is 23.5. The highest BCUT2D eigenvalue weighted by Crippen LogP contribution is 2.21. The summed E-state index contributed by atoms with van der Waals surface area (Å²) in [7, 11) is 5.33. The molecule has 0 aromatic heterocycles. The zero-order valence-corrected chi connectivity index (χ0v) is 38.6. The van der Waals surface area contributed by atoms with Crippen LogP contribution in [0.25, 0.3) is 24.3 Å². The van der Waals surface area contributed by atoms with E-state index in [1.165, 1.54) is 28.4 Å². The topological polar surface area (TPSA) is 105 Å². The molecule has 7 aromatic carbocycles. The van der Waals surface area contributed by atoms with Crippen molar-refractivity contribution >= 4 is 48.2 Å². The summed E-state index contributed by atoms with van der Waals surface area (Å²) in [6.07, 6.45) is 7.85. The summed E-state index contributed by atoms with van der Waals surface area (Å²) in [5.74, 6) is 23.5. The van der Waals surface area contributed by atoms with Crippen molar-refractivity contribution in [3.8, 4) is 47.4 Å². The zero-order chi connectivity index (χ0) is 49.2. The molecule has 0 unspecified atom stereocenters. The average molecular weight is 915 g/mol. The number of esters is 4. The first-order valence-electron chi connectivity index (χ1n) is 21.7. The predicted octanol–water partition coefficient (Wildman–Crippen LogP) is 10.8. The standard InChI is InChI=1S/C62H42O8/c1-67-59(63)55-17-9-5-13-49(55)33-29-45-27-31-47(37-39-51-15-7-11-19-57(51)61(65)69-3)53(41-45)35-25-43-21-23-44(24-22-43)26-36-54-42-46(30-34-50-14-6-10-18-56(50)60(64)68-2)28-32-48(54)38-40-52-16-8-12-20-58(52)62(66)70-4/h5-28,31-32,35-36,41-42H,1-4H3/b35-25+,36-26+. The summed E-state index contributed by atoms with van der Waals surface area (Å²) in [5, 5.41) is 0. The van der Waals surface area contributed by atoms with E-state index in [-0.39, 0.29) is 0 Å². The van der Waals surface area contributed by atoms with Gasteiger partial charge in [0, 0.05) is 44.5 Å². The van der Waals surface area contributed by atoms with E-state index in [1.807, 2.05) is 109 Å². The van der Waals surface area contributed by atoms with Crippen LogP contribution >= 0.6 is 0 Å². The first-order valence-corrected chi connectivity index (χ1v) is 21.7. The molecule has 0 saturated carbocycles. The van der Waals surface area contributed by atoms with E-state index < -0.39 is 23.9 Å². The molecule has 7 rings (SSSR count). The smallest absolute Gasteiger partial charge is 0.339 e. The number of methoxy groups -OCH3 is 4. The third-order valence-electron chi connectivity index (χ3n) is 10.6. The monoisotopic (exact) mass is 914 g/mol. The van der Waals surface area contributed by atoms with Crippen molar-refractivity contribution in [1.82, 2.24) is 0 Å². The Morgan fingerprint density at radius 2 is 0.586 bits per heavy atom. The Bertz CT molecular complexity index is 3240. The quantitative estimate of drug-likeness (QED) is 0.0642.